The molecule has 0 spiro atoms. The molecule has 10 nitrogen and oxygen atoms in total. The van der Waals surface area contributed by atoms with Gasteiger partial charge in [0.2, 0.25) is 11.5 Å². The van der Waals surface area contributed by atoms with Crippen molar-refractivity contribution in [3.8, 4) is 34.5 Å². The van der Waals surface area contributed by atoms with Crippen LogP contribution in [-0.4, -0.2) is 59.6 Å². The highest BCUT2D eigenvalue weighted by atomic mass is 16.5. The van der Waals surface area contributed by atoms with Gasteiger partial charge in [-0.15, -0.1) is 0 Å². The molecule has 0 aliphatic rings. The Labute approximate surface area is 173 Å². The Morgan fingerprint density at radius 2 is 1.17 bits per heavy atom. The number of hydrogen-bond donors (Lipinski definition) is 2. The summed E-state index contributed by atoms with van der Waals surface area (Å²) >= 11 is 0. The summed E-state index contributed by atoms with van der Waals surface area (Å²) in [5.74, 6) is -0.833. The van der Waals surface area contributed by atoms with Crippen molar-refractivity contribution >= 4 is 17.6 Å². The number of methoxy groups -OCH3 is 6. The van der Waals surface area contributed by atoms with Crippen LogP contribution < -0.4 is 33.7 Å². The molecule has 10 heteroatoms. The standard InChI is InChI=1S/C20H23NO9/c1-25-12-7-10(8-13(26-2)16(12)28-4)19(22)21-15-11(20(23)24)9-14(27-3)17(29-5)18(15)30-6/h7-9H,1-6H3,(H,21,22)(H,23,24). The number of carbonyl (C=O) groups is 2. The monoisotopic (exact) mass is 421 g/mol. The van der Waals surface area contributed by atoms with E-state index in [0.717, 1.165) is 0 Å². The highest BCUT2D eigenvalue weighted by Crippen LogP contribution is 2.45. The zero-order valence-corrected chi connectivity index (χ0v) is 17.4. The van der Waals surface area contributed by atoms with Crippen LogP contribution in [0.1, 0.15) is 20.7 Å². The zero-order valence-electron chi connectivity index (χ0n) is 17.4. The van der Waals surface area contributed by atoms with E-state index in [9.17, 15) is 14.7 Å². The van der Waals surface area contributed by atoms with E-state index in [0.29, 0.717) is 5.75 Å². The highest BCUT2D eigenvalue weighted by molar-refractivity contribution is 6.10. The third kappa shape index (κ3) is 4.12. The van der Waals surface area contributed by atoms with Gasteiger partial charge in [-0.25, -0.2) is 4.79 Å². The maximum Gasteiger partial charge on any atom is 0.338 e. The number of carboxylic acids is 1. The van der Waals surface area contributed by atoms with Crippen LogP contribution in [0.15, 0.2) is 18.2 Å². The van der Waals surface area contributed by atoms with Crippen LogP contribution in [0.5, 0.6) is 34.5 Å². The van der Waals surface area contributed by atoms with E-state index in [2.05, 4.69) is 5.32 Å². The molecule has 162 valence electrons. The fraction of sp³-hybridized carbons (Fsp3) is 0.300. The molecule has 2 N–H and O–H groups in total. The summed E-state index contributed by atoms with van der Waals surface area (Å²) in [7, 11) is 8.31. The minimum absolute atomic E-state index is 0.00459. The fourth-order valence-corrected chi connectivity index (χ4v) is 2.85. The molecule has 2 aromatic rings. The minimum atomic E-state index is -1.30. The van der Waals surface area contributed by atoms with E-state index in [-0.39, 0.29) is 45.6 Å². The lowest BCUT2D eigenvalue weighted by atomic mass is 10.1. The average molecular weight is 421 g/mol. The minimum Gasteiger partial charge on any atom is -0.493 e. The molecule has 0 saturated carbocycles. The second-order valence-corrected chi connectivity index (χ2v) is 5.74. The van der Waals surface area contributed by atoms with E-state index in [1.807, 2.05) is 0 Å². The Balaban J connectivity index is 2.62. The molecule has 0 unspecified atom stereocenters. The molecule has 0 saturated heterocycles. The van der Waals surface area contributed by atoms with Crippen molar-refractivity contribution < 1.29 is 43.1 Å². The number of aromatic carboxylic acids is 1. The molecule has 0 aliphatic heterocycles. The Kier molecular flexibility index (Phi) is 7.18. The molecule has 0 aromatic heterocycles. The zero-order chi connectivity index (χ0) is 22.4. The van der Waals surface area contributed by atoms with Crippen molar-refractivity contribution in [3.63, 3.8) is 0 Å². The maximum atomic E-state index is 13.0. The molecule has 0 bridgehead atoms. The second kappa shape index (κ2) is 9.59. The van der Waals surface area contributed by atoms with Gasteiger partial charge in [-0.3, -0.25) is 4.79 Å². The van der Waals surface area contributed by atoms with Gasteiger partial charge in [-0.05, 0) is 12.1 Å². The van der Waals surface area contributed by atoms with Gasteiger partial charge in [0.05, 0.1) is 48.2 Å². The summed E-state index contributed by atoms with van der Waals surface area (Å²) in [6.45, 7) is 0. The lowest BCUT2D eigenvalue weighted by Crippen LogP contribution is -2.17. The summed E-state index contributed by atoms with van der Waals surface area (Å²) in [4.78, 5) is 24.8. The summed E-state index contributed by atoms with van der Waals surface area (Å²) in [6.07, 6.45) is 0. The summed E-state index contributed by atoms with van der Waals surface area (Å²) in [5.41, 5.74) is -0.204. The topological polar surface area (TPSA) is 122 Å². The van der Waals surface area contributed by atoms with Crippen molar-refractivity contribution in [2.75, 3.05) is 48.0 Å². The summed E-state index contributed by atoms with van der Waals surface area (Å²) in [6, 6.07) is 4.10. The normalized spacial score (nSPS) is 10.1. The number of rotatable bonds is 9. The van der Waals surface area contributed by atoms with Crippen LogP contribution >= 0.6 is 0 Å². The molecule has 30 heavy (non-hydrogen) atoms. The lowest BCUT2D eigenvalue weighted by Gasteiger charge is -2.19. The van der Waals surface area contributed by atoms with Gasteiger partial charge in [0.1, 0.15) is 5.69 Å². The third-order valence-electron chi connectivity index (χ3n) is 4.23. The van der Waals surface area contributed by atoms with Crippen molar-refractivity contribution in [1.29, 1.82) is 0 Å². The molecule has 0 radical (unpaired) electrons. The summed E-state index contributed by atoms with van der Waals surface area (Å²) < 4.78 is 31.5. The molecule has 0 heterocycles. The highest BCUT2D eigenvalue weighted by Gasteiger charge is 2.26. The number of hydrogen-bond acceptors (Lipinski definition) is 8. The number of amides is 1. The van der Waals surface area contributed by atoms with Crippen LogP contribution in [0.4, 0.5) is 5.69 Å². The van der Waals surface area contributed by atoms with Gasteiger partial charge in [0.15, 0.2) is 23.0 Å². The molecule has 2 aromatic carbocycles. The number of anilines is 1. The first-order chi connectivity index (χ1) is 14.4. The van der Waals surface area contributed by atoms with E-state index < -0.39 is 11.9 Å². The van der Waals surface area contributed by atoms with E-state index >= 15 is 0 Å². The van der Waals surface area contributed by atoms with Gasteiger partial charge in [0.25, 0.3) is 5.91 Å². The Morgan fingerprint density at radius 1 is 0.700 bits per heavy atom. The molecule has 0 fully saturated rings. The largest absolute Gasteiger partial charge is 0.493 e. The number of ether oxygens (including phenoxy) is 6. The van der Waals surface area contributed by atoms with E-state index in [4.69, 9.17) is 28.4 Å². The maximum absolute atomic E-state index is 13.0. The SMILES string of the molecule is COc1cc(C(=O)Nc2c(C(=O)O)cc(OC)c(OC)c2OC)cc(OC)c1OC. The van der Waals surface area contributed by atoms with Crippen LogP contribution in [0.25, 0.3) is 0 Å². The Morgan fingerprint density at radius 3 is 1.57 bits per heavy atom. The van der Waals surface area contributed by atoms with Gasteiger partial charge >= 0.3 is 5.97 Å². The molecular formula is C20H23NO9. The second-order valence-electron chi connectivity index (χ2n) is 5.74. The number of nitrogens with one attached hydrogen (secondary N) is 1. The van der Waals surface area contributed by atoms with Crippen molar-refractivity contribution in [3.05, 3.63) is 29.3 Å². The number of benzene rings is 2. The molecule has 0 atom stereocenters. The number of carbonyl (C=O) groups excluding carboxylic acids is 1. The van der Waals surface area contributed by atoms with E-state index in [1.54, 1.807) is 0 Å². The van der Waals surface area contributed by atoms with Crippen molar-refractivity contribution in [2.45, 2.75) is 0 Å². The number of carboxylic acid groups (broad SMARTS) is 1. The Bertz CT molecular complexity index is 931. The first kappa shape index (κ1) is 22.5. The molecule has 2 rings (SSSR count). The van der Waals surface area contributed by atoms with Crippen LogP contribution in [0.2, 0.25) is 0 Å². The average Bonchev–Trinajstić information content (AvgIpc) is 2.76. The molecule has 1 amide bonds. The van der Waals surface area contributed by atoms with Crippen LogP contribution in [0, 0.1) is 0 Å². The van der Waals surface area contributed by atoms with Gasteiger partial charge in [-0.2, -0.15) is 0 Å². The smallest absolute Gasteiger partial charge is 0.338 e. The van der Waals surface area contributed by atoms with Crippen LogP contribution in [0.3, 0.4) is 0 Å². The van der Waals surface area contributed by atoms with Gasteiger partial charge < -0.3 is 38.8 Å². The predicted octanol–water partition coefficient (Wildman–Crippen LogP) is 2.69. The predicted molar refractivity (Wildman–Crippen MR) is 107 cm³/mol. The molecular weight excluding hydrogens is 398 g/mol. The quantitative estimate of drug-likeness (QED) is 0.629. The fourth-order valence-electron chi connectivity index (χ4n) is 2.85. The lowest BCUT2D eigenvalue weighted by molar-refractivity contribution is 0.0697. The van der Waals surface area contributed by atoms with E-state index in [1.165, 1.54) is 60.9 Å². The third-order valence-corrected chi connectivity index (χ3v) is 4.23. The van der Waals surface area contributed by atoms with Crippen molar-refractivity contribution in [2.24, 2.45) is 0 Å². The molecule has 0 aliphatic carbocycles. The van der Waals surface area contributed by atoms with Crippen LogP contribution in [-0.2, 0) is 0 Å². The summed E-state index contributed by atoms with van der Waals surface area (Å²) in [5, 5.41) is 12.2. The first-order valence-electron chi connectivity index (χ1n) is 8.54. The first-order valence-corrected chi connectivity index (χ1v) is 8.54. The van der Waals surface area contributed by atoms with Crippen molar-refractivity contribution in [1.82, 2.24) is 0 Å². The van der Waals surface area contributed by atoms with Gasteiger partial charge in [0, 0.05) is 11.6 Å². The van der Waals surface area contributed by atoms with Gasteiger partial charge in [-0.1, -0.05) is 0 Å². The Hall–Kier alpha value is -3.82.